The lowest BCUT2D eigenvalue weighted by molar-refractivity contribution is -0.153. The Balaban J connectivity index is 1.76. The Morgan fingerprint density at radius 3 is 1.77 bits per heavy atom. The maximum absolute atomic E-state index is 15.3. The molecule has 4 aliphatic rings. The predicted octanol–water partition coefficient (Wildman–Crippen LogP) is 4.92. The van der Waals surface area contributed by atoms with Gasteiger partial charge in [-0.1, -0.05) is 91.0 Å². The summed E-state index contributed by atoms with van der Waals surface area (Å²) in [7, 11) is -3.42. The first kappa shape index (κ1) is 26.6. The Labute approximate surface area is 228 Å². The quantitative estimate of drug-likeness (QED) is 0.352. The number of aryl methyl sites for hydroxylation is 3. The highest BCUT2D eigenvalue weighted by atomic mass is 31.2. The zero-order valence-electron chi connectivity index (χ0n) is 21.8. The van der Waals surface area contributed by atoms with Crippen LogP contribution < -0.4 is 15.9 Å². The fourth-order valence-electron chi connectivity index (χ4n) is 5.67. The van der Waals surface area contributed by atoms with E-state index in [4.69, 9.17) is 0 Å². The number of benzene rings is 4. The summed E-state index contributed by atoms with van der Waals surface area (Å²) in [5.41, 5.74) is 4.62. The number of rotatable bonds is 5. The maximum Gasteiger partial charge on any atom is 0.307 e. The van der Waals surface area contributed by atoms with Crippen LogP contribution in [0.25, 0.3) is 0 Å². The van der Waals surface area contributed by atoms with Gasteiger partial charge in [0.15, 0.2) is 7.14 Å². The van der Waals surface area contributed by atoms with E-state index in [0.29, 0.717) is 21.5 Å². The fourth-order valence-corrected chi connectivity index (χ4v) is 8.63. The van der Waals surface area contributed by atoms with Crippen molar-refractivity contribution in [2.75, 3.05) is 0 Å². The van der Waals surface area contributed by atoms with Crippen LogP contribution >= 0.6 is 7.14 Å². The summed E-state index contributed by atoms with van der Waals surface area (Å²) in [6, 6.07) is 30.2. The molecule has 8 rings (SSSR count). The largest absolute Gasteiger partial charge is 0.481 e. The van der Waals surface area contributed by atoms with E-state index in [2.05, 4.69) is 0 Å². The van der Waals surface area contributed by atoms with Gasteiger partial charge in [-0.25, -0.2) is 0 Å². The molecule has 39 heavy (non-hydrogen) atoms. The van der Waals surface area contributed by atoms with E-state index in [1.165, 1.54) is 0 Å². The molecule has 4 bridgehead atoms. The molecule has 0 radical (unpaired) electrons. The van der Waals surface area contributed by atoms with Gasteiger partial charge in [0.25, 0.3) is 0 Å². The SMILES string of the molecule is Cc1cc2ccc1CCc1ccc(c(P(=O)(c3ccccc3)c3ccccc3)c1)CC(C(=O)O)C(C(=O)O)C2. The zero-order chi connectivity index (χ0) is 27.6. The van der Waals surface area contributed by atoms with Crippen LogP contribution in [-0.4, -0.2) is 22.2 Å². The van der Waals surface area contributed by atoms with Crippen molar-refractivity contribution < 1.29 is 24.4 Å². The third-order valence-electron chi connectivity index (χ3n) is 7.83. The molecular weight excluding hydrogens is 507 g/mol. The van der Waals surface area contributed by atoms with Crippen molar-refractivity contribution >= 4 is 35.0 Å². The summed E-state index contributed by atoms with van der Waals surface area (Å²) in [4.78, 5) is 25.1. The molecule has 0 heterocycles. The number of hydrogen-bond acceptors (Lipinski definition) is 3. The summed E-state index contributed by atoms with van der Waals surface area (Å²) in [5, 5.41) is 22.4. The van der Waals surface area contributed by atoms with Crippen LogP contribution in [0.1, 0.15) is 27.8 Å². The summed E-state index contributed by atoms with van der Waals surface area (Å²) in [6.07, 6.45) is 1.58. The minimum absolute atomic E-state index is 0.0391. The van der Waals surface area contributed by atoms with Gasteiger partial charge < -0.3 is 14.8 Å². The zero-order valence-corrected chi connectivity index (χ0v) is 22.7. The number of carboxylic acid groups (broad SMARTS) is 2. The van der Waals surface area contributed by atoms with Crippen molar-refractivity contribution in [3.8, 4) is 0 Å². The molecule has 2 unspecified atom stereocenters. The molecule has 2 atom stereocenters. The van der Waals surface area contributed by atoms with Crippen LogP contribution in [0.15, 0.2) is 97.1 Å². The third kappa shape index (κ3) is 5.32. The van der Waals surface area contributed by atoms with Gasteiger partial charge in [0, 0.05) is 15.9 Å². The standard InChI is InChI=1S/C33H31O5P/c1-22-18-24-14-16-25(22)15-12-23-13-17-26(21-30(33(36)37)29(19-24)32(34)35)31(20-23)39(38,27-8-4-2-5-9-27)28-10-6-3-7-11-28/h2-11,13-14,16-18,20,29-30H,12,15,19,21H2,1H3,(H,34,35)(H,36,37). The molecule has 6 heteroatoms. The summed E-state index contributed by atoms with van der Waals surface area (Å²) >= 11 is 0. The Bertz CT molecular complexity index is 1520. The topological polar surface area (TPSA) is 91.7 Å². The van der Waals surface area contributed by atoms with E-state index in [1.807, 2.05) is 104 Å². The average Bonchev–Trinajstić information content (AvgIpc) is 2.95. The lowest BCUT2D eigenvalue weighted by Crippen LogP contribution is -2.35. The smallest absolute Gasteiger partial charge is 0.307 e. The van der Waals surface area contributed by atoms with Crippen LogP contribution in [0.5, 0.6) is 0 Å². The Morgan fingerprint density at radius 2 is 1.21 bits per heavy atom. The van der Waals surface area contributed by atoms with Gasteiger partial charge in [0.2, 0.25) is 0 Å². The Morgan fingerprint density at radius 1 is 0.667 bits per heavy atom. The second-order valence-electron chi connectivity index (χ2n) is 10.3. The molecule has 198 valence electrons. The molecule has 5 nitrogen and oxygen atoms in total. The van der Waals surface area contributed by atoms with E-state index < -0.39 is 30.9 Å². The first-order valence-corrected chi connectivity index (χ1v) is 14.9. The molecule has 0 spiro atoms. The van der Waals surface area contributed by atoms with E-state index in [0.717, 1.165) is 35.1 Å². The van der Waals surface area contributed by atoms with Gasteiger partial charge in [0.1, 0.15) is 0 Å². The highest BCUT2D eigenvalue weighted by molar-refractivity contribution is 7.85. The molecule has 0 aliphatic heterocycles. The van der Waals surface area contributed by atoms with Crippen molar-refractivity contribution in [2.24, 2.45) is 11.8 Å². The maximum atomic E-state index is 15.3. The van der Waals surface area contributed by atoms with Crippen molar-refractivity contribution in [3.63, 3.8) is 0 Å². The van der Waals surface area contributed by atoms with Crippen LogP contribution in [0.3, 0.4) is 0 Å². The first-order valence-electron chi connectivity index (χ1n) is 13.1. The molecule has 4 aromatic rings. The van der Waals surface area contributed by atoms with E-state index >= 15 is 4.57 Å². The number of carbonyl (C=O) groups is 2. The minimum Gasteiger partial charge on any atom is -0.481 e. The van der Waals surface area contributed by atoms with Gasteiger partial charge in [-0.15, -0.1) is 0 Å². The summed E-state index contributed by atoms with van der Waals surface area (Å²) < 4.78 is 15.3. The van der Waals surface area contributed by atoms with E-state index in [1.54, 1.807) is 0 Å². The van der Waals surface area contributed by atoms with Crippen LogP contribution in [0.2, 0.25) is 0 Å². The lowest BCUT2D eigenvalue weighted by Gasteiger charge is -2.27. The fraction of sp³-hybridized carbons (Fsp3) is 0.212. The molecule has 2 N–H and O–H groups in total. The Hall–Kier alpha value is -3.95. The van der Waals surface area contributed by atoms with Gasteiger partial charge in [-0.3, -0.25) is 9.59 Å². The van der Waals surface area contributed by atoms with Crippen LogP contribution in [0, 0.1) is 18.8 Å². The number of carboxylic acids is 2. The first-order chi connectivity index (χ1) is 18.8. The molecule has 0 saturated heterocycles. The van der Waals surface area contributed by atoms with Crippen LogP contribution in [0.4, 0.5) is 0 Å². The molecule has 4 aliphatic carbocycles. The second kappa shape index (κ2) is 11.0. The highest BCUT2D eigenvalue weighted by Crippen LogP contribution is 2.44. The van der Waals surface area contributed by atoms with Gasteiger partial charge >= 0.3 is 11.9 Å². The van der Waals surface area contributed by atoms with E-state index in [-0.39, 0.29) is 12.8 Å². The molecular formula is C33H31O5P. The summed E-state index contributed by atoms with van der Waals surface area (Å²) in [5.74, 6) is -4.66. The number of hydrogen-bond donors (Lipinski definition) is 2. The third-order valence-corrected chi connectivity index (χ3v) is 11.0. The highest BCUT2D eigenvalue weighted by Gasteiger charge is 2.38. The van der Waals surface area contributed by atoms with Gasteiger partial charge in [-0.05, 0) is 66.5 Å². The van der Waals surface area contributed by atoms with Crippen molar-refractivity contribution in [3.05, 3.63) is 125 Å². The summed E-state index contributed by atoms with van der Waals surface area (Å²) in [6.45, 7) is 2.00. The van der Waals surface area contributed by atoms with Crippen LogP contribution in [-0.2, 0) is 39.8 Å². The van der Waals surface area contributed by atoms with Gasteiger partial charge in [0.05, 0.1) is 11.8 Å². The molecule has 4 aromatic carbocycles. The van der Waals surface area contributed by atoms with Crippen molar-refractivity contribution in [2.45, 2.75) is 32.6 Å². The predicted molar refractivity (Wildman–Crippen MR) is 154 cm³/mol. The minimum atomic E-state index is -3.42. The van der Waals surface area contributed by atoms with Gasteiger partial charge in [-0.2, -0.15) is 0 Å². The Kier molecular flexibility index (Phi) is 7.54. The van der Waals surface area contributed by atoms with Crippen molar-refractivity contribution in [1.82, 2.24) is 0 Å². The lowest BCUT2D eigenvalue weighted by atomic mass is 9.81. The van der Waals surface area contributed by atoms with Crippen molar-refractivity contribution in [1.29, 1.82) is 0 Å². The monoisotopic (exact) mass is 538 g/mol. The second-order valence-corrected chi connectivity index (χ2v) is 13.0. The van der Waals surface area contributed by atoms with E-state index in [9.17, 15) is 19.8 Å². The molecule has 0 saturated carbocycles. The molecule has 0 amide bonds. The normalized spacial score (nSPS) is 17.5. The average molecular weight is 539 g/mol. The molecule has 0 fully saturated rings. The molecule has 0 aromatic heterocycles. The number of aliphatic carboxylic acids is 2.